The van der Waals surface area contributed by atoms with Gasteiger partial charge >= 0.3 is 0 Å². The number of para-hydroxylation sites is 2. The number of ether oxygens (including phenoxy) is 1. The maximum Gasteiger partial charge on any atom is 0.225 e. The molecule has 0 saturated carbocycles. The molecule has 1 aliphatic rings. The minimum atomic E-state index is 0.174. The summed E-state index contributed by atoms with van der Waals surface area (Å²) in [4.78, 5) is 4.52. The van der Waals surface area contributed by atoms with E-state index in [0.29, 0.717) is 29.9 Å². The third-order valence-corrected chi connectivity index (χ3v) is 4.49. The number of aromatic hydroxyl groups is 1. The SMILES string of the molecule is CC(C)c1cccc(C(C)C)c1NC=C1COC(c2ccccc2O)=N1. The molecule has 0 atom stereocenters. The van der Waals surface area contributed by atoms with Crippen molar-refractivity contribution in [3.05, 3.63) is 71.1 Å². The molecule has 2 aromatic rings. The third kappa shape index (κ3) is 3.74. The fourth-order valence-electron chi connectivity index (χ4n) is 3.08. The van der Waals surface area contributed by atoms with E-state index < -0.39 is 0 Å². The van der Waals surface area contributed by atoms with Crippen molar-refractivity contribution in [3.63, 3.8) is 0 Å². The molecular weight excluding hydrogens is 324 g/mol. The van der Waals surface area contributed by atoms with Gasteiger partial charge in [-0.15, -0.1) is 0 Å². The summed E-state index contributed by atoms with van der Waals surface area (Å²) in [5, 5.41) is 13.4. The Morgan fingerprint density at radius 2 is 1.65 bits per heavy atom. The van der Waals surface area contributed by atoms with Gasteiger partial charge in [-0.2, -0.15) is 0 Å². The second-order valence-corrected chi connectivity index (χ2v) is 7.12. The molecule has 0 saturated heterocycles. The number of hydrogen-bond acceptors (Lipinski definition) is 4. The van der Waals surface area contributed by atoms with Crippen molar-refractivity contribution in [2.75, 3.05) is 11.9 Å². The number of nitrogens with zero attached hydrogens (tertiary/aromatic N) is 1. The van der Waals surface area contributed by atoms with Crippen LogP contribution in [-0.4, -0.2) is 17.6 Å². The number of nitrogens with one attached hydrogen (secondary N) is 1. The summed E-state index contributed by atoms with van der Waals surface area (Å²) in [5.41, 5.74) is 5.14. The van der Waals surface area contributed by atoms with E-state index in [-0.39, 0.29) is 5.75 Å². The first-order valence-electron chi connectivity index (χ1n) is 9.05. The number of phenols is 1. The van der Waals surface area contributed by atoms with E-state index >= 15 is 0 Å². The second kappa shape index (κ2) is 7.65. The van der Waals surface area contributed by atoms with Crippen LogP contribution < -0.4 is 5.32 Å². The largest absolute Gasteiger partial charge is 0.507 e. The van der Waals surface area contributed by atoms with Crippen molar-refractivity contribution in [2.45, 2.75) is 39.5 Å². The predicted molar refractivity (Wildman–Crippen MR) is 107 cm³/mol. The summed E-state index contributed by atoms with van der Waals surface area (Å²) < 4.78 is 5.66. The van der Waals surface area contributed by atoms with Crippen molar-refractivity contribution in [1.29, 1.82) is 0 Å². The average molecular weight is 350 g/mol. The lowest BCUT2D eigenvalue weighted by Gasteiger charge is -2.19. The van der Waals surface area contributed by atoms with Crippen LogP contribution in [0.5, 0.6) is 5.75 Å². The molecular formula is C22H26N2O2. The first kappa shape index (κ1) is 18.1. The Morgan fingerprint density at radius 3 is 2.27 bits per heavy atom. The van der Waals surface area contributed by atoms with Crippen molar-refractivity contribution >= 4 is 11.6 Å². The van der Waals surface area contributed by atoms with Gasteiger partial charge in [-0.05, 0) is 35.1 Å². The van der Waals surface area contributed by atoms with E-state index in [1.807, 2.05) is 12.3 Å². The zero-order valence-corrected chi connectivity index (χ0v) is 15.8. The topological polar surface area (TPSA) is 53.8 Å². The standard InChI is InChI=1S/C22H26N2O2/c1-14(2)17-9-7-10-18(15(3)4)21(17)23-12-16-13-26-22(24-16)19-8-5-6-11-20(19)25/h5-12,14-15,23,25H,13H2,1-4H3. The molecule has 4 nitrogen and oxygen atoms in total. The lowest BCUT2D eigenvalue weighted by molar-refractivity contribution is 0.361. The smallest absolute Gasteiger partial charge is 0.225 e. The van der Waals surface area contributed by atoms with Crippen molar-refractivity contribution in [1.82, 2.24) is 0 Å². The first-order valence-corrected chi connectivity index (χ1v) is 9.05. The van der Waals surface area contributed by atoms with Crippen LogP contribution in [0.4, 0.5) is 5.69 Å². The summed E-state index contributed by atoms with van der Waals surface area (Å²) in [6.45, 7) is 9.18. The Balaban J connectivity index is 1.88. The lowest BCUT2D eigenvalue weighted by Crippen LogP contribution is -2.04. The Bertz CT molecular complexity index is 825. The first-order chi connectivity index (χ1) is 12.5. The number of anilines is 1. The van der Waals surface area contributed by atoms with Gasteiger partial charge in [0.15, 0.2) is 0 Å². The van der Waals surface area contributed by atoms with Crippen molar-refractivity contribution in [3.8, 4) is 5.75 Å². The van der Waals surface area contributed by atoms with E-state index in [0.717, 1.165) is 11.4 Å². The lowest BCUT2D eigenvalue weighted by atomic mass is 9.93. The number of hydrogen-bond donors (Lipinski definition) is 2. The van der Waals surface area contributed by atoms with Crippen LogP contribution in [0.1, 0.15) is 56.2 Å². The van der Waals surface area contributed by atoms with Gasteiger partial charge in [0.25, 0.3) is 0 Å². The van der Waals surface area contributed by atoms with Gasteiger partial charge in [0.2, 0.25) is 5.90 Å². The Hall–Kier alpha value is -2.75. The van der Waals surface area contributed by atoms with E-state index in [9.17, 15) is 5.11 Å². The molecule has 1 aliphatic heterocycles. The van der Waals surface area contributed by atoms with Gasteiger partial charge in [0.1, 0.15) is 12.4 Å². The molecule has 4 heteroatoms. The van der Waals surface area contributed by atoms with Crippen LogP contribution in [-0.2, 0) is 4.74 Å². The van der Waals surface area contributed by atoms with Crippen LogP contribution in [0.25, 0.3) is 0 Å². The minimum absolute atomic E-state index is 0.174. The van der Waals surface area contributed by atoms with Crippen molar-refractivity contribution in [2.24, 2.45) is 4.99 Å². The van der Waals surface area contributed by atoms with Crippen LogP contribution in [0.15, 0.2) is 59.4 Å². The molecule has 0 bridgehead atoms. The molecule has 0 spiro atoms. The maximum absolute atomic E-state index is 9.96. The van der Waals surface area contributed by atoms with Gasteiger partial charge < -0.3 is 15.2 Å². The molecule has 2 N–H and O–H groups in total. The fourth-order valence-corrected chi connectivity index (χ4v) is 3.08. The number of rotatable bonds is 5. The van der Waals surface area contributed by atoms with Crippen LogP contribution in [0.3, 0.4) is 0 Å². The Kier molecular flexibility index (Phi) is 5.31. The van der Waals surface area contributed by atoms with Gasteiger partial charge in [-0.1, -0.05) is 58.0 Å². The summed E-state index contributed by atoms with van der Waals surface area (Å²) in [5.74, 6) is 1.48. The molecule has 0 unspecified atom stereocenters. The molecule has 1 heterocycles. The zero-order valence-electron chi connectivity index (χ0n) is 15.8. The quantitative estimate of drug-likeness (QED) is 0.762. The summed E-state index contributed by atoms with van der Waals surface area (Å²) in [7, 11) is 0. The predicted octanol–water partition coefficient (Wildman–Crippen LogP) is 5.37. The monoisotopic (exact) mass is 350 g/mol. The highest BCUT2D eigenvalue weighted by Gasteiger charge is 2.18. The summed E-state index contributed by atoms with van der Waals surface area (Å²) in [6, 6.07) is 13.5. The summed E-state index contributed by atoms with van der Waals surface area (Å²) >= 11 is 0. The Morgan fingerprint density at radius 1 is 1.00 bits per heavy atom. The number of aliphatic imine (C=N–C) groups is 1. The van der Waals surface area contributed by atoms with E-state index in [2.05, 4.69) is 56.2 Å². The molecule has 3 rings (SSSR count). The van der Waals surface area contributed by atoms with Crippen molar-refractivity contribution < 1.29 is 9.84 Å². The van der Waals surface area contributed by atoms with Crippen LogP contribution >= 0.6 is 0 Å². The molecule has 0 fully saturated rings. The van der Waals surface area contributed by atoms with Gasteiger partial charge in [0.05, 0.1) is 11.3 Å². The number of phenolic OH excluding ortho intramolecular Hbond substituents is 1. The van der Waals surface area contributed by atoms with E-state index in [1.54, 1.807) is 18.2 Å². The highest BCUT2D eigenvalue weighted by molar-refractivity contribution is 5.98. The third-order valence-electron chi connectivity index (χ3n) is 4.49. The molecule has 136 valence electrons. The Labute approximate surface area is 155 Å². The van der Waals surface area contributed by atoms with Gasteiger partial charge in [-0.25, -0.2) is 4.99 Å². The molecule has 0 aliphatic carbocycles. The van der Waals surface area contributed by atoms with E-state index in [1.165, 1.54) is 11.1 Å². The van der Waals surface area contributed by atoms with E-state index in [4.69, 9.17) is 4.74 Å². The minimum Gasteiger partial charge on any atom is -0.507 e. The molecule has 0 aromatic heterocycles. The van der Waals surface area contributed by atoms with Gasteiger partial charge in [0, 0.05) is 11.9 Å². The fraction of sp³-hybridized carbons (Fsp3) is 0.318. The van der Waals surface area contributed by atoms with Crippen LogP contribution in [0.2, 0.25) is 0 Å². The molecule has 0 radical (unpaired) electrons. The molecule has 2 aromatic carbocycles. The van der Waals surface area contributed by atoms with Crippen LogP contribution in [0, 0.1) is 0 Å². The second-order valence-electron chi connectivity index (χ2n) is 7.12. The average Bonchev–Trinajstić information content (AvgIpc) is 3.08. The molecule has 26 heavy (non-hydrogen) atoms. The highest BCUT2D eigenvalue weighted by atomic mass is 16.5. The summed E-state index contributed by atoms with van der Waals surface area (Å²) in [6.07, 6.45) is 1.90. The normalized spacial score (nSPS) is 15.5. The highest BCUT2D eigenvalue weighted by Crippen LogP contribution is 2.32. The van der Waals surface area contributed by atoms with Gasteiger partial charge in [-0.3, -0.25) is 0 Å². The molecule has 0 amide bonds. The number of benzene rings is 2. The maximum atomic E-state index is 9.96. The zero-order chi connectivity index (χ0) is 18.7.